The van der Waals surface area contributed by atoms with Crippen molar-refractivity contribution >= 4 is 27.7 Å². The zero-order chi connectivity index (χ0) is 12.3. The van der Waals surface area contributed by atoms with E-state index in [1.54, 1.807) is 0 Å². The first kappa shape index (κ1) is 12.6. The molecule has 2 rings (SSSR count). The second kappa shape index (κ2) is 5.64. The van der Waals surface area contributed by atoms with E-state index in [0.29, 0.717) is 11.6 Å². The van der Waals surface area contributed by atoms with Gasteiger partial charge in [-0.1, -0.05) is 22.0 Å². The normalized spacial score (nSPS) is 11.1. The third-order valence-electron chi connectivity index (χ3n) is 2.12. The van der Waals surface area contributed by atoms with Crippen LogP contribution in [0.3, 0.4) is 0 Å². The molecule has 0 aliphatic rings. The van der Waals surface area contributed by atoms with Gasteiger partial charge in [-0.25, -0.2) is 4.98 Å². The van der Waals surface area contributed by atoms with E-state index in [2.05, 4.69) is 20.9 Å². The maximum absolute atomic E-state index is 12.6. The van der Waals surface area contributed by atoms with E-state index in [0.717, 1.165) is 13.9 Å². The number of halogens is 3. The van der Waals surface area contributed by atoms with Gasteiger partial charge < -0.3 is 0 Å². The zero-order valence-electron chi connectivity index (χ0n) is 8.69. The van der Waals surface area contributed by atoms with Gasteiger partial charge in [0.1, 0.15) is 5.82 Å². The minimum Gasteiger partial charge on any atom is -0.277 e. The highest BCUT2D eigenvalue weighted by Gasteiger charge is 2.11. The van der Waals surface area contributed by atoms with Crippen LogP contribution in [0.4, 0.5) is 8.78 Å². The Balaban J connectivity index is 2.05. The molecule has 0 bridgehead atoms. The summed E-state index contributed by atoms with van der Waals surface area (Å²) in [5.74, 6) is 0.804. The lowest BCUT2D eigenvalue weighted by Crippen LogP contribution is -2.01. The number of aromatic nitrogens is 2. The fourth-order valence-corrected chi connectivity index (χ4v) is 2.79. The first-order valence-corrected chi connectivity index (χ1v) is 6.63. The first-order chi connectivity index (χ1) is 8.16. The van der Waals surface area contributed by atoms with Crippen molar-refractivity contribution in [2.24, 2.45) is 0 Å². The third-order valence-corrected chi connectivity index (χ3v) is 3.61. The van der Waals surface area contributed by atoms with Crippen LogP contribution in [0.1, 0.15) is 12.4 Å². The fourth-order valence-electron chi connectivity index (χ4n) is 1.34. The minimum absolute atomic E-state index is 0.380. The molecule has 0 saturated carbocycles. The molecule has 17 heavy (non-hydrogen) atoms. The van der Waals surface area contributed by atoms with Crippen LogP contribution < -0.4 is 0 Å². The van der Waals surface area contributed by atoms with Gasteiger partial charge in [-0.15, -0.1) is 11.8 Å². The molecule has 90 valence electrons. The molecular weight excluding hydrogens is 310 g/mol. The summed E-state index contributed by atoms with van der Waals surface area (Å²) >= 11 is 4.84. The molecule has 0 amide bonds. The second-order valence-corrected chi connectivity index (χ2v) is 5.24. The van der Waals surface area contributed by atoms with Crippen LogP contribution in [0.2, 0.25) is 0 Å². The average Bonchev–Trinajstić information content (AvgIpc) is 2.74. The Morgan fingerprint density at radius 1 is 1.41 bits per heavy atom. The van der Waals surface area contributed by atoms with Gasteiger partial charge >= 0.3 is 6.55 Å². The van der Waals surface area contributed by atoms with Gasteiger partial charge in [-0.05, 0) is 18.2 Å². The predicted molar refractivity (Wildman–Crippen MR) is 67.2 cm³/mol. The highest BCUT2D eigenvalue weighted by molar-refractivity contribution is 9.10. The maximum atomic E-state index is 12.6. The summed E-state index contributed by atoms with van der Waals surface area (Å²) in [5, 5.41) is 0. The summed E-state index contributed by atoms with van der Waals surface area (Å²) in [6, 6.07) is 7.71. The van der Waals surface area contributed by atoms with Gasteiger partial charge in [0.2, 0.25) is 0 Å². The molecular formula is C11H9BrF2N2S. The van der Waals surface area contributed by atoms with E-state index in [9.17, 15) is 8.78 Å². The van der Waals surface area contributed by atoms with Crippen LogP contribution in [-0.4, -0.2) is 9.55 Å². The molecule has 0 radical (unpaired) electrons. The molecule has 0 aliphatic heterocycles. The molecule has 0 atom stereocenters. The molecule has 0 N–H and O–H groups in total. The summed E-state index contributed by atoms with van der Waals surface area (Å²) in [5.41, 5.74) is 0. The molecule has 0 saturated heterocycles. The Morgan fingerprint density at radius 3 is 2.94 bits per heavy atom. The molecule has 2 nitrogen and oxygen atoms in total. The molecule has 2 aromatic rings. The van der Waals surface area contributed by atoms with Crippen LogP contribution in [0, 0.1) is 0 Å². The minimum atomic E-state index is -2.53. The number of imidazole rings is 1. The topological polar surface area (TPSA) is 17.8 Å². The highest BCUT2D eigenvalue weighted by Crippen LogP contribution is 2.26. The van der Waals surface area contributed by atoms with Crippen molar-refractivity contribution in [2.45, 2.75) is 17.2 Å². The molecule has 6 heteroatoms. The van der Waals surface area contributed by atoms with E-state index in [-0.39, 0.29) is 0 Å². The smallest absolute Gasteiger partial charge is 0.277 e. The van der Waals surface area contributed by atoms with Gasteiger partial charge in [0.05, 0.1) is 5.75 Å². The second-order valence-electron chi connectivity index (χ2n) is 3.27. The summed E-state index contributed by atoms with van der Waals surface area (Å²) in [6.07, 6.45) is 2.68. The number of rotatable bonds is 4. The summed E-state index contributed by atoms with van der Waals surface area (Å²) in [7, 11) is 0. The highest BCUT2D eigenvalue weighted by atomic mass is 79.9. The Morgan fingerprint density at radius 2 is 2.24 bits per heavy atom. The third kappa shape index (κ3) is 3.29. The van der Waals surface area contributed by atoms with E-state index in [4.69, 9.17) is 0 Å². The lowest BCUT2D eigenvalue weighted by molar-refractivity contribution is 0.0678. The van der Waals surface area contributed by atoms with Crippen molar-refractivity contribution in [3.05, 3.63) is 47.0 Å². The molecule has 1 aromatic heterocycles. The Kier molecular flexibility index (Phi) is 4.17. The quantitative estimate of drug-likeness (QED) is 0.781. The molecule has 0 fully saturated rings. The van der Waals surface area contributed by atoms with Crippen molar-refractivity contribution in [1.29, 1.82) is 0 Å². The van der Waals surface area contributed by atoms with Gasteiger partial charge in [-0.2, -0.15) is 8.78 Å². The summed E-state index contributed by atoms with van der Waals surface area (Å²) < 4.78 is 27.0. The van der Waals surface area contributed by atoms with Crippen LogP contribution in [0.25, 0.3) is 0 Å². The molecule has 1 aromatic carbocycles. The van der Waals surface area contributed by atoms with Crippen molar-refractivity contribution in [1.82, 2.24) is 9.55 Å². The number of nitrogens with zero attached hydrogens (tertiary/aromatic N) is 2. The molecule has 0 aliphatic carbocycles. The summed E-state index contributed by atoms with van der Waals surface area (Å²) in [6.45, 7) is -2.53. The largest absolute Gasteiger partial charge is 0.319 e. The van der Waals surface area contributed by atoms with E-state index >= 15 is 0 Å². The molecule has 0 spiro atoms. The number of alkyl halides is 2. The number of hydrogen-bond donors (Lipinski definition) is 0. The number of thioether (sulfide) groups is 1. The number of hydrogen-bond acceptors (Lipinski definition) is 2. The van der Waals surface area contributed by atoms with Crippen LogP contribution >= 0.6 is 27.7 Å². The van der Waals surface area contributed by atoms with Crippen LogP contribution in [0.15, 0.2) is 46.0 Å². The summed E-state index contributed by atoms with van der Waals surface area (Å²) in [4.78, 5) is 4.94. The van der Waals surface area contributed by atoms with Crippen molar-refractivity contribution in [3.8, 4) is 0 Å². The zero-order valence-corrected chi connectivity index (χ0v) is 11.1. The Bertz CT molecular complexity index is 502. The lowest BCUT2D eigenvalue weighted by atomic mass is 10.4. The van der Waals surface area contributed by atoms with E-state index in [1.165, 1.54) is 24.2 Å². The monoisotopic (exact) mass is 318 g/mol. The van der Waals surface area contributed by atoms with E-state index < -0.39 is 6.55 Å². The fraction of sp³-hybridized carbons (Fsp3) is 0.182. The van der Waals surface area contributed by atoms with Gasteiger partial charge in [0.15, 0.2) is 0 Å². The van der Waals surface area contributed by atoms with Crippen molar-refractivity contribution in [3.63, 3.8) is 0 Å². The van der Waals surface area contributed by atoms with Gasteiger partial charge in [-0.3, -0.25) is 4.57 Å². The predicted octanol–water partition coefficient (Wildman–Crippen LogP) is 4.33. The lowest BCUT2D eigenvalue weighted by Gasteiger charge is -2.06. The average molecular weight is 319 g/mol. The maximum Gasteiger partial charge on any atom is 0.319 e. The molecule has 1 heterocycles. The van der Waals surface area contributed by atoms with Crippen LogP contribution in [-0.2, 0) is 5.75 Å². The Labute approximate surface area is 110 Å². The Hall–Kier alpha value is -0.880. The standard InChI is InChI=1S/C11H9BrF2N2S/c12-8-2-1-3-9(6-8)17-7-10-15-4-5-16(10)11(13)14/h1-6,11H,7H2. The van der Waals surface area contributed by atoms with Crippen LogP contribution in [0.5, 0.6) is 0 Å². The van der Waals surface area contributed by atoms with Crippen molar-refractivity contribution in [2.75, 3.05) is 0 Å². The first-order valence-electron chi connectivity index (χ1n) is 4.85. The SMILES string of the molecule is FC(F)n1ccnc1CSc1cccc(Br)c1. The van der Waals surface area contributed by atoms with Gasteiger partial charge in [0, 0.05) is 21.8 Å². The van der Waals surface area contributed by atoms with E-state index in [1.807, 2.05) is 24.3 Å². The van der Waals surface area contributed by atoms with Gasteiger partial charge in [0.25, 0.3) is 0 Å². The molecule has 0 unspecified atom stereocenters. The number of benzene rings is 1. The van der Waals surface area contributed by atoms with Crippen molar-refractivity contribution < 1.29 is 8.78 Å².